The van der Waals surface area contributed by atoms with Crippen molar-refractivity contribution >= 4 is 12.1 Å². The van der Waals surface area contributed by atoms with Crippen molar-refractivity contribution in [1.29, 1.82) is 0 Å². The van der Waals surface area contributed by atoms with E-state index in [1.54, 1.807) is 24.7 Å². The van der Waals surface area contributed by atoms with Crippen LogP contribution in [0.5, 0.6) is 0 Å². The highest BCUT2D eigenvalue weighted by atomic mass is 16.3. The van der Waals surface area contributed by atoms with Crippen LogP contribution < -0.4 is 21.3 Å². The second kappa shape index (κ2) is 10.4. The number of hydrogen-bond acceptors (Lipinski definition) is 4. The topological polar surface area (TPSA) is 109 Å². The van der Waals surface area contributed by atoms with Gasteiger partial charge < -0.3 is 30.1 Å². The maximum atomic E-state index is 11.9. The molecule has 1 aliphatic rings. The Morgan fingerprint density at radius 3 is 1.75 bits per heavy atom. The zero-order valence-electron chi connectivity index (χ0n) is 15.9. The van der Waals surface area contributed by atoms with Gasteiger partial charge in [-0.2, -0.15) is 0 Å². The van der Waals surface area contributed by atoms with E-state index in [1.807, 2.05) is 12.1 Å². The quantitative estimate of drug-likeness (QED) is 0.557. The van der Waals surface area contributed by atoms with Gasteiger partial charge in [0.05, 0.1) is 25.6 Å². The van der Waals surface area contributed by atoms with Crippen LogP contribution in [0, 0.1) is 11.8 Å². The van der Waals surface area contributed by atoms with Gasteiger partial charge in [-0.1, -0.05) is 6.42 Å². The van der Waals surface area contributed by atoms with E-state index in [9.17, 15) is 9.59 Å². The molecule has 0 bridgehead atoms. The zero-order chi connectivity index (χ0) is 19.6. The second-order valence-electron chi connectivity index (χ2n) is 7.18. The summed E-state index contributed by atoms with van der Waals surface area (Å²) in [6, 6.07) is 6.86. The number of nitrogens with one attached hydrogen (secondary N) is 4. The number of rotatable bonds is 8. The summed E-state index contributed by atoms with van der Waals surface area (Å²) in [4.78, 5) is 23.8. The fourth-order valence-corrected chi connectivity index (χ4v) is 3.53. The molecule has 152 valence electrons. The zero-order valence-corrected chi connectivity index (χ0v) is 15.9. The largest absolute Gasteiger partial charge is 0.467 e. The van der Waals surface area contributed by atoms with Crippen molar-refractivity contribution in [3.05, 3.63) is 48.3 Å². The molecular weight excluding hydrogens is 360 g/mol. The first-order chi connectivity index (χ1) is 13.7. The third-order valence-corrected chi connectivity index (χ3v) is 5.00. The molecule has 0 radical (unpaired) electrons. The molecule has 4 amide bonds. The lowest BCUT2D eigenvalue weighted by molar-refractivity contribution is 0.220. The molecule has 0 aliphatic heterocycles. The van der Waals surface area contributed by atoms with Crippen LogP contribution in [-0.2, 0) is 13.1 Å². The molecular formula is C20H28N4O4. The van der Waals surface area contributed by atoms with Crippen LogP contribution in [0.15, 0.2) is 45.6 Å². The van der Waals surface area contributed by atoms with Crippen molar-refractivity contribution in [2.45, 2.75) is 38.8 Å². The molecule has 2 aromatic heterocycles. The summed E-state index contributed by atoms with van der Waals surface area (Å²) < 4.78 is 10.4. The van der Waals surface area contributed by atoms with Gasteiger partial charge >= 0.3 is 12.1 Å². The molecule has 8 heteroatoms. The normalized spacial score (nSPS) is 19.0. The van der Waals surface area contributed by atoms with Crippen molar-refractivity contribution in [1.82, 2.24) is 21.3 Å². The van der Waals surface area contributed by atoms with E-state index in [-0.39, 0.29) is 12.1 Å². The SMILES string of the molecule is O=C(NCc1ccco1)NCC1CCCC(CNC(=O)NCc2ccco2)C1. The second-order valence-corrected chi connectivity index (χ2v) is 7.18. The third-order valence-electron chi connectivity index (χ3n) is 5.00. The monoisotopic (exact) mass is 388 g/mol. The highest BCUT2D eigenvalue weighted by Gasteiger charge is 2.22. The van der Waals surface area contributed by atoms with Crippen molar-refractivity contribution in [3.63, 3.8) is 0 Å². The van der Waals surface area contributed by atoms with E-state index in [0.717, 1.165) is 37.2 Å². The van der Waals surface area contributed by atoms with Crippen molar-refractivity contribution in [2.75, 3.05) is 13.1 Å². The van der Waals surface area contributed by atoms with Crippen LogP contribution >= 0.6 is 0 Å². The van der Waals surface area contributed by atoms with E-state index in [2.05, 4.69) is 21.3 Å². The lowest BCUT2D eigenvalue weighted by atomic mass is 9.81. The van der Waals surface area contributed by atoms with E-state index in [0.29, 0.717) is 38.0 Å². The lowest BCUT2D eigenvalue weighted by Crippen LogP contribution is -2.41. The molecule has 1 aliphatic carbocycles. The minimum absolute atomic E-state index is 0.186. The summed E-state index contributed by atoms with van der Waals surface area (Å²) in [5, 5.41) is 11.4. The number of amides is 4. The lowest BCUT2D eigenvalue weighted by Gasteiger charge is -2.29. The van der Waals surface area contributed by atoms with Gasteiger partial charge in [0, 0.05) is 13.1 Å². The minimum atomic E-state index is -0.186. The Hall–Kier alpha value is -2.90. The maximum absolute atomic E-state index is 11.9. The van der Waals surface area contributed by atoms with E-state index >= 15 is 0 Å². The Labute approximate surface area is 164 Å². The van der Waals surface area contributed by atoms with E-state index in [1.165, 1.54) is 0 Å². The number of hydrogen-bond donors (Lipinski definition) is 4. The first-order valence-corrected chi connectivity index (χ1v) is 9.77. The maximum Gasteiger partial charge on any atom is 0.315 e. The standard InChI is InChI=1S/C20H28N4O4/c25-19(23-13-17-6-2-8-27-17)21-11-15-4-1-5-16(10-15)12-22-20(26)24-14-18-7-3-9-28-18/h2-3,6-9,15-16H,1,4-5,10-14H2,(H2,21,23,25)(H2,22,24,26). The van der Waals surface area contributed by atoms with Crippen LogP contribution in [0.25, 0.3) is 0 Å². The fourth-order valence-electron chi connectivity index (χ4n) is 3.53. The summed E-state index contributed by atoms with van der Waals surface area (Å²) in [5.41, 5.74) is 0. The first-order valence-electron chi connectivity index (χ1n) is 9.77. The Morgan fingerprint density at radius 1 is 0.821 bits per heavy atom. The number of carbonyl (C=O) groups is 2. The Kier molecular flexibility index (Phi) is 7.40. The minimum Gasteiger partial charge on any atom is -0.467 e. The van der Waals surface area contributed by atoms with Gasteiger partial charge in [0.15, 0.2) is 0 Å². The molecule has 1 saturated carbocycles. The summed E-state index contributed by atoms with van der Waals surface area (Å²) in [5.74, 6) is 2.32. The van der Waals surface area contributed by atoms with Crippen LogP contribution in [0.4, 0.5) is 9.59 Å². The van der Waals surface area contributed by atoms with Gasteiger partial charge in [0.1, 0.15) is 11.5 Å². The highest BCUT2D eigenvalue weighted by Crippen LogP contribution is 2.28. The smallest absolute Gasteiger partial charge is 0.315 e. The Balaban J connectivity index is 1.29. The molecule has 3 rings (SSSR count). The molecule has 0 spiro atoms. The molecule has 2 unspecified atom stereocenters. The Morgan fingerprint density at radius 2 is 1.32 bits per heavy atom. The van der Waals surface area contributed by atoms with Gasteiger partial charge in [-0.25, -0.2) is 9.59 Å². The van der Waals surface area contributed by atoms with Crippen LogP contribution in [0.1, 0.15) is 37.2 Å². The summed E-state index contributed by atoms with van der Waals surface area (Å²) in [6.45, 7) is 2.04. The first kappa shape index (κ1) is 19.9. The van der Waals surface area contributed by atoms with Crippen LogP contribution in [0.2, 0.25) is 0 Å². The van der Waals surface area contributed by atoms with Gasteiger partial charge in [-0.05, 0) is 55.4 Å². The molecule has 0 aromatic carbocycles. The van der Waals surface area contributed by atoms with Gasteiger partial charge in [-0.15, -0.1) is 0 Å². The summed E-state index contributed by atoms with van der Waals surface area (Å²) in [7, 11) is 0. The summed E-state index contributed by atoms with van der Waals surface area (Å²) >= 11 is 0. The molecule has 4 N–H and O–H groups in total. The Bertz CT molecular complexity index is 654. The van der Waals surface area contributed by atoms with Crippen molar-refractivity contribution < 1.29 is 18.4 Å². The summed E-state index contributed by atoms with van der Waals surface area (Å²) in [6.07, 6.45) is 7.47. The van der Waals surface area contributed by atoms with Crippen LogP contribution in [-0.4, -0.2) is 25.2 Å². The highest BCUT2D eigenvalue weighted by molar-refractivity contribution is 5.74. The van der Waals surface area contributed by atoms with Gasteiger partial charge in [0.25, 0.3) is 0 Å². The predicted octanol–water partition coefficient (Wildman–Crippen LogP) is 2.98. The number of furan rings is 2. The fraction of sp³-hybridized carbons (Fsp3) is 0.500. The molecule has 1 fully saturated rings. The molecule has 2 aromatic rings. The van der Waals surface area contributed by atoms with E-state index in [4.69, 9.17) is 8.83 Å². The van der Waals surface area contributed by atoms with E-state index < -0.39 is 0 Å². The number of carbonyl (C=O) groups excluding carboxylic acids is 2. The molecule has 8 nitrogen and oxygen atoms in total. The molecule has 28 heavy (non-hydrogen) atoms. The van der Waals surface area contributed by atoms with Crippen molar-refractivity contribution in [3.8, 4) is 0 Å². The molecule has 2 heterocycles. The molecule has 2 atom stereocenters. The van der Waals surface area contributed by atoms with Crippen molar-refractivity contribution in [2.24, 2.45) is 11.8 Å². The van der Waals surface area contributed by atoms with Gasteiger partial charge in [-0.3, -0.25) is 0 Å². The molecule has 0 saturated heterocycles. The van der Waals surface area contributed by atoms with Crippen LogP contribution in [0.3, 0.4) is 0 Å². The predicted molar refractivity (Wildman–Crippen MR) is 103 cm³/mol. The van der Waals surface area contributed by atoms with Gasteiger partial charge in [0.2, 0.25) is 0 Å². The average molecular weight is 388 g/mol. The average Bonchev–Trinajstić information content (AvgIpc) is 3.42. The number of urea groups is 2. The third kappa shape index (κ3) is 6.68.